The molecular formula is C15H15N3O3. The molecule has 1 unspecified atom stereocenters. The van der Waals surface area contributed by atoms with Gasteiger partial charge in [-0.2, -0.15) is 5.10 Å². The smallest absolute Gasteiger partial charge is 0.264 e. The number of aromatic amines is 1. The summed E-state index contributed by atoms with van der Waals surface area (Å²) in [5, 5.41) is 9.25. The van der Waals surface area contributed by atoms with E-state index in [-0.39, 0.29) is 17.6 Å². The second kappa shape index (κ2) is 5.88. The molecule has 1 aliphatic rings. The van der Waals surface area contributed by atoms with Crippen LogP contribution in [-0.2, 0) is 9.53 Å². The first-order valence-electron chi connectivity index (χ1n) is 6.81. The van der Waals surface area contributed by atoms with Gasteiger partial charge in [0.2, 0.25) is 0 Å². The van der Waals surface area contributed by atoms with E-state index in [0.717, 1.165) is 18.4 Å². The Kier molecular flexibility index (Phi) is 3.79. The summed E-state index contributed by atoms with van der Waals surface area (Å²) in [7, 11) is 0. The number of rotatable bonds is 3. The summed E-state index contributed by atoms with van der Waals surface area (Å²) >= 11 is 0. The Morgan fingerprint density at radius 1 is 1.29 bits per heavy atom. The van der Waals surface area contributed by atoms with Crippen LogP contribution in [0.5, 0.6) is 0 Å². The van der Waals surface area contributed by atoms with Crippen LogP contribution in [0.1, 0.15) is 12.8 Å². The number of hydrogen-bond donors (Lipinski definition) is 2. The Hall–Kier alpha value is -2.47. The van der Waals surface area contributed by atoms with Crippen molar-refractivity contribution < 1.29 is 9.53 Å². The van der Waals surface area contributed by atoms with Crippen LogP contribution in [0.2, 0.25) is 0 Å². The number of anilines is 1. The number of nitrogens with one attached hydrogen (secondary N) is 2. The van der Waals surface area contributed by atoms with Crippen molar-refractivity contribution in [3.05, 3.63) is 46.8 Å². The SMILES string of the molecule is O=C(Nc1ccccc1-c1ccc(=O)[nH]n1)C1CCCO1. The summed E-state index contributed by atoms with van der Waals surface area (Å²) in [6.07, 6.45) is 1.26. The minimum Gasteiger partial charge on any atom is -0.368 e. The third-order valence-corrected chi connectivity index (χ3v) is 3.36. The van der Waals surface area contributed by atoms with Crippen molar-refractivity contribution in [3.63, 3.8) is 0 Å². The van der Waals surface area contributed by atoms with Gasteiger partial charge in [0, 0.05) is 18.2 Å². The molecule has 21 heavy (non-hydrogen) atoms. The largest absolute Gasteiger partial charge is 0.368 e. The summed E-state index contributed by atoms with van der Waals surface area (Å²) in [6, 6.07) is 10.3. The molecule has 0 aliphatic carbocycles. The van der Waals surface area contributed by atoms with E-state index in [1.165, 1.54) is 6.07 Å². The molecular weight excluding hydrogens is 270 g/mol. The van der Waals surface area contributed by atoms with Crippen molar-refractivity contribution in [2.24, 2.45) is 0 Å². The van der Waals surface area contributed by atoms with E-state index in [1.54, 1.807) is 12.1 Å². The minimum absolute atomic E-state index is 0.149. The number of carbonyl (C=O) groups excluding carboxylic acids is 1. The highest BCUT2D eigenvalue weighted by atomic mass is 16.5. The predicted molar refractivity (Wildman–Crippen MR) is 77.9 cm³/mol. The van der Waals surface area contributed by atoms with Gasteiger partial charge in [-0.15, -0.1) is 0 Å². The van der Waals surface area contributed by atoms with Crippen molar-refractivity contribution in [2.75, 3.05) is 11.9 Å². The lowest BCUT2D eigenvalue weighted by Crippen LogP contribution is -2.27. The summed E-state index contributed by atoms with van der Waals surface area (Å²) < 4.78 is 5.37. The molecule has 3 rings (SSSR count). The van der Waals surface area contributed by atoms with Gasteiger partial charge in [0.15, 0.2) is 0 Å². The number of hydrogen-bond acceptors (Lipinski definition) is 4. The van der Waals surface area contributed by atoms with Gasteiger partial charge in [-0.3, -0.25) is 9.59 Å². The zero-order valence-corrected chi connectivity index (χ0v) is 11.3. The maximum Gasteiger partial charge on any atom is 0.264 e. The van der Waals surface area contributed by atoms with Gasteiger partial charge < -0.3 is 10.1 Å². The van der Waals surface area contributed by atoms with Crippen LogP contribution < -0.4 is 10.9 Å². The molecule has 1 aliphatic heterocycles. The number of amides is 1. The van der Waals surface area contributed by atoms with Gasteiger partial charge in [-0.25, -0.2) is 5.10 Å². The van der Waals surface area contributed by atoms with Gasteiger partial charge in [-0.1, -0.05) is 18.2 Å². The van der Waals surface area contributed by atoms with E-state index in [4.69, 9.17) is 4.74 Å². The fourth-order valence-corrected chi connectivity index (χ4v) is 2.31. The molecule has 108 valence electrons. The molecule has 0 spiro atoms. The lowest BCUT2D eigenvalue weighted by Gasteiger charge is -2.13. The monoisotopic (exact) mass is 285 g/mol. The number of nitrogens with zero attached hydrogens (tertiary/aromatic N) is 1. The molecule has 0 radical (unpaired) electrons. The van der Waals surface area contributed by atoms with Crippen molar-refractivity contribution in [3.8, 4) is 11.3 Å². The van der Waals surface area contributed by atoms with Crippen molar-refractivity contribution in [2.45, 2.75) is 18.9 Å². The van der Waals surface area contributed by atoms with Crippen LogP contribution in [0.3, 0.4) is 0 Å². The Morgan fingerprint density at radius 2 is 2.14 bits per heavy atom. The van der Waals surface area contributed by atoms with E-state index < -0.39 is 0 Å². The molecule has 0 saturated carbocycles. The van der Waals surface area contributed by atoms with Crippen molar-refractivity contribution >= 4 is 11.6 Å². The molecule has 1 amide bonds. The minimum atomic E-state index is -0.387. The van der Waals surface area contributed by atoms with Gasteiger partial charge in [0.1, 0.15) is 6.10 Å². The summed E-state index contributed by atoms with van der Waals surface area (Å²) in [5.74, 6) is -0.149. The van der Waals surface area contributed by atoms with Crippen LogP contribution in [0.15, 0.2) is 41.2 Å². The molecule has 2 N–H and O–H groups in total. The molecule has 6 heteroatoms. The zero-order valence-electron chi connectivity index (χ0n) is 11.3. The normalized spacial score (nSPS) is 17.6. The van der Waals surface area contributed by atoms with Crippen LogP contribution in [0.4, 0.5) is 5.69 Å². The number of aromatic nitrogens is 2. The first-order chi connectivity index (χ1) is 10.2. The molecule has 1 aromatic carbocycles. The number of para-hydroxylation sites is 1. The molecule has 2 heterocycles. The lowest BCUT2D eigenvalue weighted by atomic mass is 10.1. The van der Waals surface area contributed by atoms with Crippen molar-refractivity contribution in [1.29, 1.82) is 0 Å². The molecule has 0 bridgehead atoms. The first kappa shape index (κ1) is 13.5. The van der Waals surface area contributed by atoms with E-state index in [0.29, 0.717) is 18.0 Å². The second-order valence-electron chi connectivity index (χ2n) is 4.84. The van der Waals surface area contributed by atoms with Crippen LogP contribution in [-0.4, -0.2) is 28.8 Å². The van der Waals surface area contributed by atoms with Gasteiger partial charge in [0.05, 0.1) is 11.4 Å². The van der Waals surface area contributed by atoms with Gasteiger partial charge >= 0.3 is 0 Å². The number of carbonyl (C=O) groups is 1. The third-order valence-electron chi connectivity index (χ3n) is 3.36. The van der Waals surface area contributed by atoms with Crippen LogP contribution >= 0.6 is 0 Å². The van der Waals surface area contributed by atoms with E-state index in [1.807, 2.05) is 18.2 Å². The van der Waals surface area contributed by atoms with E-state index >= 15 is 0 Å². The van der Waals surface area contributed by atoms with Crippen LogP contribution in [0.25, 0.3) is 11.3 Å². The Morgan fingerprint density at radius 3 is 2.86 bits per heavy atom. The Labute approximate surface area is 121 Å². The Balaban J connectivity index is 1.87. The molecule has 1 atom stereocenters. The molecule has 1 saturated heterocycles. The highest BCUT2D eigenvalue weighted by molar-refractivity contribution is 5.97. The van der Waals surface area contributed by atoms with Gasteiger partial charge in [-0.05, 0) is 25.0 Å². The fourth-order valence-electron chi connectivity index (χ4n) is 2.31. The zero-order chi connectivity index (χ0) is 14.7. The van der Waals surface area contributed by atoms with Crippen LogP contribution in [0, 0.1) is 0 Å². The van der Waals surface area contributed by atoms with E-state index in [9.17, 15) is 9.59 Å². The third kappa shape index (κ3) is 3.00. The fraction of sp³-hybridized carbons (Fsp3) is 0.267. The topological polar surface area (TPSA) is 84.1 Å². The first-order valence-corrected chi connectivity index (χ1v) is 6.81. The van der Waals surface area contributed by atoms with Gasteiger partial charge in [0.25, 0.3) is 11.5 Å². The highest BCUT2D eigenvalue weighted by Crippen LogP contribution is 2.26. The molecule has 1 fully saturated rings. The molecule has 6 nitrogen and oxygen atoms in total. The second-order valence-corrected chi connectivity index (χ2v) is 4.84. The lowest BCUT2D eigenvalue weighted by molar-refractivity contribution is -0.124. The number of benzene rings is 1. The number of H-pyrrole nitrogens is 1. The van der Waals surface area contributed by atoms with Crippen molar-refractivity contribution in [1.82, 2.24) is 10.2 Å². The van der Waals surface area contributed by atoms with E-state index in [2.05, 4.69) is 15.5 Å². The summed E-state index contributed by atoms with van der Waals surface area (Å²) in [6.45, 7) is 0.626. The Bertz CT molecular complexity index is 685. The maximum absolute atomic E-state index is 12.1. The maximum atomic E-state index is 12.1. The molecule has 2 aromatic rings. The average molecular weight is 285 g/mol. The summed E-state index contributed by atoms with van der Waals surface area (Å²) in [5.41, 5.74) is 1.73. The highest BCUT2D eigenvalue weighted by Gasteiger charge is 2.24. The molecule has 1 aromatic heterocycles. The standard InChI is InChI=1S/C15H15N3O3/c19-14-8-7-12(17-18-14)10-4-1-2-5-11(10)16-15(20)13-6-3-9-21-13/h1-2,4-5,7-8,13H,3,6,9H2,(H,16,20)(H,18,19). The number of ether oxygens (including phenoxy) is 1. The summed E-state index contributed by atoms with van der Waals surface area (Å²) in [4.78, 5) is 23.2. The average Bonchev–Trinajstić information content (AvgIpc) is 3.03. The quantitative estimate of drug-likeness (QED) is 0.896. The predicted octanol–water partition coefficient (Wildman–Crippen LogP) is 1.55.